The zero-order chi connectivity index (χ0) is 11.3. The number of methoxy groups -OCH3 is 1. The summed E-state index contributed by atoms with van der Waals surface area (Å²) in [6.45, 7) is 4.34. The third kappa shape index (κ3) is 3.06. The summed E-state index contributed by atoms with van der Waals surface area (Å²) in [7, 11) is 1.38. The lowest BCUT2D eigenvalue weighted by molar-refractivity contribution is -0.143. The van der Waals surface area contributed by atoms with Gasteiger partial charge in [-0.25, -0.2) is 0 Å². The molecule has 1 heterocycles. The van der Waals surface area contributed by atoms with Crippen molar-refractivity contribution < 1.29 is 14.1 Å². The Kier molecular flexibility index (Phi) is 4.30. The molecule has 5 heteroatoms. The van der Waals surface area contributed by atoms with Crippen molar-refractivity contribution in [3.8, 4) is 0 Å². The average molecular weight is 212 g/mol. The molecule has 0 aliphatic heterocycles. The number of hydrogen-bond acceptors (Lipinski definition) is 5. The minimum atomic E-state index is -0.286. The fourth-order valence-electron chi connectivity index (χ4n) is 1.24. The Morgan fingerprint density at radius 1 is 1.73 bits per heavy atom. The summed E-state index contributed by atoms with van der Waals surface area (Å²) < 4.78 is 9.45. The Morgan fingerprint density at radius 2 is 2.47 bits per heavy atom. The average Bonchev–Trinajstić information content (AvgIpc) is 2.65. The molecule has 0 saturated carbocycles. The highest BCUT2D eigenvalue weighted by molar-refractivity contribution is 5.75. The van der Waals surface area contributed by atoms with E-state index in [2.05, 4.69) is 15.2 Å². The van der Waals surface area contributed by atoms with Crippen LogP contribution in [0.25, 0.3) is 0 Å². The molecule has 0 aliphatic carbocycles. The van der Waals surface area contributed by atoms with E-state index in [-0.39, 0.29) is 12.0 Å². The van der Waals surface area contributed by atoms with Gasteiger partial charge in [-0.15, -0.1) is 0 Å². The van der Waals surface area contributed by atoms with Gasteiger partial charge in [-0.2, -0.15) is 0 Å². The minimum absolute atomic E-state index is 0.251. The molecule has 0 aliphatic rings. The van der Waals surface area contributed by atoms with Crippen LogP contribution >= 0.6 is 0 Å². The van der Waals surface area contributed by atoms with E-state index in [9.17, 15) is 4.79 Å². The van der Waals surface area contributed by atoms with Gasteiger partial charge in [0.25, 0.3) is 0 Å². The van der Waals surface area contributed by atoms with Crippen molar-refractivity contribution in [2.75, 3.05) is 7.11 Å². The first-order valence-corrected chi connectivity index (χ1v) is 4.90. The number of esters is 1. The molecule has 5 nitrogen and oxygen atoms in total. The van der Waals surface area contributed by atoms with Crippen molar-refractivity contribution in [2.45, 2.75) is 32.9 Å². The lowest BCUT2D eigenvalue weighted by atomic mass is 10.2. The molecular weight excluding hydrogens is 196 g/mol. The van der Waals surface area contributed by atoms with Gasteiger partial charge >= 0.3 is 5.97 Å². The highest BCUT2D eigenvalue weighted by Crippen LogP contribution is 2.05. The third-order valence-corrected chi connectivity index (χ3v) is 2.26. The summed E-state index contributed by atoms with van der Waals surface area (Å²) in [5, 5.41) is 6.88. The molecule has 0 aromatic carbocycles. The molecule has 0 fully saturated rings. The number of nitrogens with one attached hydrogen (secondary N) is 1. The number of rotatable bonds is 5. The Morgan fingerprint density at radius 3 is 2.93 bits per heavy atom. The van der Waals surface area contributed by atoms with Crippen LogP contribution in [0.1, 0.15) is 24.6 Å². The van der Waals surface area contributed by atoms with E-state index in [1.807, 2.05) is 13.8 Å². The first-order chi connectivity index (χ1) is 7.19. The predicted molar refractivity (Wildman–Crippen MR) is 54.2 cm³/mol. The molecule has 1 atom stereocenters. The van der Waals surface area contributed by atoms with Crippen LogP contribution in [0.3, 0.4) is 0 Å². The van der Waals surface area contributed by atoms with Crippen molar-refractivity contribution in [1.82, 2.24) is 10.5 Å². The lowest BCUT2D eigenvalue weighted by Crippen LogP contribution is -2.36. The van der Waals surface area contributed by atoms with Gasteiger partial charge in [0, 0.05) is 12.1 Å². The topological polar surface area (TPSA) is 64.4 Å². The third-order valence-electron chi connectivity index (χ3n) is 2.26. The fourth-order valence-corrected chi connectivity index (χ4v) is 1.24. The van der Waals surface area contributed by atoms with E-state index in [0.29, 0.717) is 13.0 Å². The predicted octanol–water partition coefficient (Wildman–Crippen LogP) is 1.02. The number of carbonyl (C=O) groups is 1. The van der Waals surface area contributed by atoms with Crippen molar-refractivity contribution in [3.63, 3.8) is 0 Å². The van der Waals surface area contributed by atoms with Crippen LogP contribution in [0.15, 0.2) is 10.8 Å². The van der Waals surface area contributed by atoms with Gasteiger partial charge in [-0.3, -0.25) is 10.1 Å². The molecule has 0 bridgehead atoms. The number of nitrogens with zero attached hydrogens (tertiary/aromatic N) is 1. The van der Waals surface area contributed by atoms with E-state index in [0.717, 1.165) is 11.3 Å². The van der Waals surface area contributed by atoms with Crippen molar-refractivity contribution in [1.29, 1.82) is 0 Å². The van der Waals surface area contributed by atoms with Crippen LogP contribution in [-0.2, 0) is 16.1 Å². The van der Waals surface area contributed by atoms with Crippen molar-refractivity contribution in [2.24, 2.45) is 0 Å². The van der Waals surface area contributed by atoms with Gasteiger partial charge in [0.15, 0.2) is 0 Å². The summed E-state index contributed by atoms with van der Waals surface area (Å²) in [6, 6.07) is -0.286. The molecule has 1 rings (SSSR count). The standard InChI is InChI=1S/C10H16N2O3/c1-4-8(10(13)14-3)11-5-9-7(2)6-15-12-9/h6,8,11H,4-5H2,1-3H3. The molecule has 1 N–H and O–H groups in total. The van der Waals surface area contributed by atoms with E-state index >= 15 is 0 Å². The van der Waals surface area contributed by atoms with Crippen molar-refractivity contribution >= 4 is 5.97 Å². The lowest BCUT2D eigenvalue weighted by Gasteiger charge is -2.13. The van der Waals surface area contributed by atoms with Gasteiger partial charge in [0.2, 0.25) is 0 Å². The van der Waals surface area contributed by atoms with Crippen LogP contribution in [0.2, 0.25) is 0 Å². The molecule has 15 heavy (non-hydrogen) atoms. The molecule has 1 unspecified atom stereocenters. The van der Waals surface area contributed by atoms with Gasteiger partial charge in [-0.1, -0.05) is 12.1 Å². The van der Waals surface area contributed by atoms with Crippen LogP contribution in [-0.4, -0.2) is 24.3 Å². The number of aromatic nitrogens is 1. The Balaban J connectivity index is 2.48. The summed E-state index contributed by atoms with van der Waals surface area (Å²) >= 11 is 0. The highest BCUT2D eigenvalue weighted by atomic mass is 16.5. The maximum atomic E-state index is 11.3. The summed E-state index contributed by atoms with van der Waals surface area (Å²) in [5.41, 5.74) is 1.79. The molecule has 0 radical (unpaired) electrons. The van der Waals surface area contributed by atoms with Gasteiger partial charge in [0.05, 0.1) is 7.11 Å². The maximum Gasteiger partial charge on any atom is 0.322 e. The minimum Gasteiger partial charge on any atom is -0.468 e. The van der Waals surface area contributed by atoms with Crippen LogP contribution in [0.4, 0.5) is 0 Å². The monoisotopic (exact) mass is 212 g/mol. The highest BCUT2D eigenvalue weighted by Gasteiger charge is 2.16. The maximum absolute atomic E-state index is 11.3. The smallest absolute Gasteiger partial charge is 0.322 e. The largest absolute Gasteiger partial charge is 0.468 e. The van der Waals surface area contributed by atoms with Gasteiger partial charge in [-0.05, 0) is 13.3 Å². The zero-order valence-corrected chi connectivity index (χ0v) is 9.24. The second-order valence-corrected chi connectivity index (χ2v) is 3.31. The van der Waals surface area contributed by atoms with Crippen LogP contribution in [0.5, 0.6) is 0 Å². The normalized spacial score (nSPS) is 12.5. The molecule has 0 spiro atoms. The van der Waals surface area contributed by atoms with Crippen LogP contribution in [0, 0.1) is 6.92 Å². The first kappa shape index (κ1) is 11.7. The van der Waals surface area contributed by atoms with Gasteiger partial charge in [0.1, 0.15) is 18.0 Å². The number of hydrogen-bond donors (Lipinski definition) is 1. The summed E-state index contributed by atoms with van der Waals surface area (Å²) in [6.07, 6.45) is 2.26. The Bertz CT molecular complexity index is 322. The van der Waals surface area contributed by atoms with Crippen molar-refractivity contribution in [3.05, 3.63) is 17.5 Å². The molecule has 1 aromatic rings. The summed E-state index contributed by atoms with van der Waals surface area (Å²) in [4.78, 5) is 11.3. The second-order valence-electron chi connectivity index (χ2n) is 3.31. The van der Waals surface area contributed by atoms with E-state index in [1.54, 1.807) is 6.26 Å². The van der Waals surface area contributed by atoms with E-state index in [1.165, 1.54) is 7.11 Å². The Hall–Kier alpha value is -1.36. The quantitative estimate of drug-likeness (QED) is 0.738. The first-order valence-electron chi connectivity index (χ1n) is 4.90. The number of ether oxygens (including phenoxy) is 1. The van der Waals surface area contributed by atoms with E-state index < -0.39 is 0 Å². The zero-order valence-electron chi connectivity index (χ0n) is 9.24. The number of aryl methyl sites for hydroxylation is 1. The number of carbonyl (C=O) groups excluding carboxylic acids is 1. The summed E-state index contributed by atoms with van der Waals surface area (Å²) in [5.74, 6) is -0.251. The Labute approximate surface area is 88.8 Å². The molecule has 0 saturated heterocycles. The van der Waals surface area contributed by atoms with E-state index in [4.69, 9.17) is 4.52 Å². The SMILES string of the molecule is CCC(NCc1nocc1C)C(=O)OC. The molecule has 84 valence electrons. The van der Waals surface area contributed by atoms with Gasteiger partial charge < -0.3 is 9.26 Å². The molecule has 1 aromatic heterocycles. The molecule has 0 amide bonds. The fraction of sp³-hybridized carbons (Fsp3) is 0.600. The van der Waals surface area contributed by atoms with Crippen LogP contribution < -0.4 is 5.32 Å². The second kappa shape index (κ2) is 5.50. The molecular formula is C10H16N2O3.